The average Bonchev–Trinajstić information content (AvgIpc) is 3.04. The van der Waals surface area contributed by atoms with Crippen molar-refractivity contribution >= 4 is 23.0 Å². The lowest BCUT2D eigenvalue weighted by atomic mass is 10.2. The largest absolute Gasteiger partial charge is 0.393 e. The predicted octanol–water partition coefficient (Wildman–Crippen LogP) is 2.04. The zero-order valence-corrected chi connectivity index (χ0v) is 10.3. The molecule has 16 heavy (non-hydrogen) atoms. The Bertz CT molecular complexity index is 388. The number of pyridine rings is 1. The summed E-state index contributed by atoms with van der Waals surface area (Å²) in [6.07, 6.45) is 5.13. The minimum absolute atomic E-state index is 0.583. The van der Waals surface area contributed by atoms with Gasteiger partial charge in [0.15, 0.2) is 0 Å². The lowest BCUT2D eigenvalue weighted by Crippen LogP contribution is -2.30. The molecule has 1 fully saturated rings. The molecule has 0 radical (unpaired) electrons. The van der Waals surface area contributed by atoms with Crippen molar-refractivity contribution in [3.8, 4) is 0 Å². The summed E-state index contributed by atoms with van der Waals surface area (Å²) in [6.45, 7) is 2.98. The Hall–Kier alpha value is -1.16. The highest BCUT2D eigenvalue weighted by Gasteiger charge is 2.30. The topological polar surface area (TPSA) is 42.2 Å². The van der Waals surface area contributed by atoms with E-state index >= 15 is 0 Å². The molecule has 0 aromatic carbocycles. The first-order valence-electron chi connectivity index (χ1n) is 5.65. The van der Waals surface area contributed by atoms with E-state index in [1.54, 1.807) is 0 Å². The van der Waals surface area contributed by atoms with Gasteiger partial charge in [0.2, 0.25) is 0 Å². The van der Waals surface area contributed by atoms with Crippen molar-refractivity contribution in [2.45, 2.75) is 32.2 Å². The fourth-order valence-corrected chi connectivity index (χ4v) is 1.95. The molecule has 86 valence electrons. The van der Waals surface area contributed by atoms with E-state index < -0.39 is 0 Å². The van der Waals surface area contributed by atoms with Crippen molar-refractivity contribution in [2.24, 2.45) is 5.73 Å². The average molecular weight is 235 g/mol. The maximum absolute atomic E-state index is 5.56. The first kappa shape index (κ1) is 11.3. The maximum Gasteiger partial charge on any atom is 0.131 e. The van der Waals surface area contributed by atoms with Crippen molar-refractivity contribution in [1.82, 2.24) is 4.98 Å². The van der Waals surface area contributed by atoms with Crippen LogP contribution < -0.4 is 10.6 Å². The van der Waals surface area contributed by atoms with Crippen LogP contribution in [0.15, 0.2) is 18.3 Å². The molecule has 0 amide bonds. The van der Waals surface area contributed by atoms with Gasteiger partial charge in [0.05, 0.1) is 4.99 Å². The second-order valence-electron chi connectivity index (χ2n) is 4.28. The SMILES string of the molecule is Cc1cccnc1N(CCC(N)=S)C1CC1. The molecule has 0 unspecified atom stereocenters. The van der Waals surface area contributed by atoms with Gasteiger partial charge in [-0.1, -0.05) is 18.3 Å². The van der Waals surface area contributed by atoms with Crippen molar-refractivity contribution in [3.63, 3.8) is 0 Å². The molecule has 4 heteroatoms. The summed E-state index contributed by atoms with van der Waals surface area (Å²) >= 11 is 4.93. The summed E-state index contributed by atoms with van der Waals surface area (Å²) in [5.74, 6) is 1.08. The lowest BCUT2D eigenvalue weighted by molar-refractivity contribution is 0.782. The van der Waals surface area contributed by atoms with Crippen LogP contribution in [0, 0.1) is 6.92 Å². The van der Waals surface area contributed by atoms with Crippen molar-refractivity contribution < 1.29 is 0 Å². The molecule has 1 heterocycles. The van der Waals surface area contributed by atoms with E-state index in [9.17, 15) is 0 Å². The molecule has 1 aliphatic rings. The summed E-state index contributed by atoms with van der Waals surface area (Å²) in [4.78, 5) is 7.38. The van der Waals surface area contributed by atoms with E-state index in [1.165, 1.54) is 18.4 Å². The Morgan fingerprint density at radius 1 is 1.62 bits per heavy atom. The van der Waals surface area contributed by atoms with Gasteiger partial charge in [-0.05, 0) is 31.4 Å². The zero-order chi connectivity index (χ0) is 11.5. The molecule has 0 aliphatic heterocycles. The molecule has 0 saturated heterocycles. The molecule has 0 atom stereocenters. The molecule has 0 bridgehead atoms. The molecular weight excluding hydrogens is 218 g/mol. The lowest BCUT2D eigenvalue weighted by Gasteiger charge is -2.24. The molecule has 0 spiro atoms. The number of nitrogens with zero attached hydrogens (tertiary/aromatic N) is 2. The normalized spacial score (nSPS) is 14.8. The van der Waals surface area contributed by atoms with Crippen LogP contribution in [0.1, 0.15) is 24.8 Å². The van der Waals surface area contributed by atoms with Gasteiger partial charge in [-0.3, -0.25) is 0 Å². The molecule has 1 aliphatic carbocycles. The summed E-state index contributed by atoms with van der Waals surface area (Å²) in [7, 11) is 0. The number of anilines is 1. The highest BCUT2D eigenvalue weighted by atomic mass is 32.1. The Morgan fingerprint density at radius 3 is 2.94 bits per heavy atom. The molecule has 3 nitrogen and oxygen atoms in total. The predicted molar refractivity (Wildman–Crippen MR) is 70.7 cm³/mol. The standard InChI is InChI=1S/C12H17N3S/c1-9-3-2-7-14-12(9)15(10-4-5-10)8-6-11(13)16/h2-3,7,10H,4-6,8H2,1H3,(H2,13,16). The van der Waals surface area contributed by atoms with Gasteiger partial charge in [0.25, 0.3) is 0 Å². The van der Waals surface area contributed by atoms with Gasteiger partial charge in [-0.15, -0.1) is 0 Å². The zero-order valence-electron chi connectivity index (χ0n) is 9.52. The second kappa shape index (κ2) is 4.78. The van der Waals surface area contributed by atoms with Gasteiger partial charge < -0.3 is 10.6 Å². The molecule has 2 N–H and O–H groups in total. The van der Waals surface area contributed by atoms with Crippen LogP contribution in [-0.4, -0.2) is 22.6 Å². The second-order valence-corrected chi connectivity index (χ2v) is 4.81. The number of hydrogen-bond acceptors (Lipinski definition) is 3. The Morgan fingerprint density at radius 2 is 2.38 bits per heavy atom. The highest BCUT2D eigenvalue weighted by molar-refractivity contribution is 7.80. The van der Waals surface area contributed by atoms with Crippen LogP contribution in [0.2, 0.25) is 0 Å². The number of nitrogens with two attached hydrogens (primary N) is 1. The fraction of sp³-hybridized carbons (Fsp3) is 0.500. The molecule has 1 aromatic rings. The van der Waals surface area contributed by atoms with Crippen LogP contribution in [0.5, 0.6) is 0 Å². The van der Waals surface area contributed by atoms with Gasteiger partial charge in [-0.2, -0.15) is 0 Å². The summed E-state index contributed by atoms with van der Waals surface area (Å²) in [5, 5.41) is 0. The number of rotatable bonds is 5. The van der Waals surface area contributed by atoms with Crippen molar-refractivity contribution in [2.75, 3.05) is 11.4 Å². The third kappa shape index (κ3) is 2.70. The van der Waals surface area contributed by atoms with Gasteiger partial charge in [-0.25, -0.2) is 4.98 Å². The molecule has 1 aromatic heterocycles. The van der Waals surface area contributed by atoms with Crippen LogP contribution in [-0.2, 0) is 0 Å². The number of thiocarbonyl (C=S) groups is 1. The summed E-state index contributed by atoms with van der Waals surface area (Å²) in [5.41, 5.74) is 6.78. The highest BCUT2D eigenvalue weighted by Crippen LogP contribution is 2.32. The number of hydrogen-bond donors (Lipinski definition) is 1. The van der Waals surface area contributed by atoms with E-state index in [4.69, 9.17) is 18.0 Å². The number of aryl methyl sites for hydroxylation is 1. The van der Waals surface area contributed by atoms with Crippen LogP contribution >= 0.6 is 12.2 Å². The van der Waals surface area contributed by atoms with Gasteiger partial charge in [0, 0.05) is 25.2 Å². The van der Waals surface area contributed by atoms with Gasteiger partial charge >= 0.3 is 0 Å². The van der Waals surface area contributed by atoms with Crippen LogP contribution in [0.4, 0.5) is 5.82 Å². The van der Waals surface area contributed by atoms with E-state index in [0.717, 1.165) is 18.8 Å². The summed E-state index contributed by atoms with van der Waals surface area (Å²) < 4.78 is 0. The van der Waals surface area contributed by atoms with Crippen molar-refractivity contribution in [1.29, 1.82) is 0 Å². The van der Waals surface area contributed by atoms with Crippen LogP contribution in [0.25, 0.3) is 0 Å². The molecule has 1 saturated carbocycles. The van der Waals surface area contributed by atoms with Crippen molar-refractivity contribution in [3.05, 3.63) is 23.9 Å². The van der Waals surface area contributed by atoms with E-state index in [-0.39, 0.29) is 0 Å². The first-order chi connectivity index (χ1) is 7.68. The Balaban J connectivity index is 2.12. The molecule has 2 rings (SSSR count). The minimum atomic E-state index is 0.583. The monoisotopic (exact) mass is 235 g/mol. The van der Waals surface area contributed by atoms with Gasteiger partial charge in [0.1, 0.15) is 5.82 Å². The van der Waals surface area contributed by atoms with E-state index in [1.807, 2.05) is 12.3 Å². The smallest absolute Gasteiger partial charge is 0.131 e. The van der Waals surface area contributed by atoms with E-state index in [2.05, 4.69) is 22.9 Å². The number of aromatic nitrogens is 1. The summed E-state index contributed by atoms with van der Waals surface area (Å²) in [6, 6.07) is 4.71. The fourth-order valence-electron chi connectivity index (χ4n) is 1.86. The minimum Gasteiger partial charge on any atom is -0.393 e. The third-order valence-electron chi connectivity index (χ3n) is 2.84. The Kier molecular flexibility index (Phi) is 3.39. The third-order valence-corrected chi connectivity index (χ3v) is 3.04. The molecular formula is C12H17N3S. The van der Waals surface area contributed by atoms with E-state index in [0.29, 0.717) is 11.0 Å². The Labute approximate surface area is 102 Å². The maximum atomic E-state index is 5.56. The van der Waals surface area contributed by atoms with Crippen LogP contribution in [0.3, 0.4) is 0 Å². The quantitative estimate of drug-likeness (QED) is 0.793. The first-order valence-corrected chi connectivity index (χ1v) is 6.06.